The van der Waals surface area contributed by atoms with Gasteiger partial charge in [-0.3, -0.25) is 4.79 Å². The molecule has 0 aliphatic carbocycles. The van der Waals surface area contributed by atoms with E-state index in [1.807, 2.05) is 0 Å². The fourth-order valence-corrected chi connectivity index (χ4v) is 3.40. The molecule has 1 unspecified atom stereocenters. The molecule has 0 radical (unpaired) electrons. The number of carbonyl (C=O) groups is 1. The fourth-order valence-electron chi connectivity index (χ4n) is 2.41. The number of rotatable bonds is 4. The molecule has 0 bridgehead atoms. The first-order valence-electron chi connectivity index (χ1n) is 6.57. The molecule has 1 aliphatic heterocycles. The van der Waals surface area contributed by atoms with Crippen LogP contribution in [0.5, 0.6) is 11.5 Å². The van der Waals surface area contributed by atoms with Crippen LogP contribution < -0.4 is 9.47 Å². The number of benzene rings is 1. The van der Waals surface area contributed by atoms with E-state index in [1.54, 1.807) is 23.1 Å². The molecule has 1 aromatic carbocycles. The highest BCUT2D eigenvalue weighted by Crippen LogP contribution is 2.28. The molecule has 21 heavy (non-hydrogen) atoms. The van der Waals surface area contributed by atoms with Crippen LogP contribution in [0.4, 0.5) is 0 Å². The Labute approximate surface area is 124 Å². The molecule has 1 heterocycles. The first-order chi connectivity index (χ1) is 9.86. The topological polar surface area (TPSA) is 72.9 Å². The monoisotopic (exact) mass is 313 g/mol. The second-order valence-corrected chi connectivity index (χ2v) is 7.39. The highest BCUT2D eigenvalue weighted by molar-refractivity contribution is 7.91. The van der Waals surface area contributed by atoms with Crippen molar-refractivity contribution in [2.75, 3.05) is 33.6 Å². The minimum atomic E-state index is -3.11. The summed E-state index contributed by atoms with van der Waals surface area (Å²) >= 11 is 0. The van der Waals surface area contributed by atoms with Gasteiger partial charge in [0, 0.05) is 24.9 Å². The summed E-state index contributed by atoms with van der Waals surface area (Å²) in [5.74, 6) is 0.828. The van der Waals surface area contributed by atoms with Gasteiger partial charge in [-0.05, 0) is 24.6 Å². The van der Waals surface area contributed by atoms with Crippen molar-refractivity contribution >= 4 is 15.7 Å². The summed E-state index contributed by atoms with van der Waals surface area (Å²) in [5.41, 5.74) is 0.460. The predicted octanol–water partition coefficient (Wildman–Crippen LogP) is 0.963. The maximum atomic E-state index is 12.4. The molecule has 1 amide bonds. The average molecular weight is 313 g/mol. The highest BCUT2D eigenvalue weighted by Gasteiger charge is 2.33. The van der Waals surface area contributed by atoms with Crippen LogP contribution in [-0.2, 0) is 9.84 Å². The van der Waals surface area contributed by atoms with Crippen molar-refractivity contribution in [3.8, 4) is 11.5 Å². The first kappa shape index (κ1) is 15.6. The normalized spacial score (nSPS) is 18.6. The van der Waals surface area contributed by atoms with E-state index in [-0.39, 0.29) is 12.5 Å². The van der Waals surface area contributed by atoms with Gasteiger partial charge in [0.25, 0.3) is 5.91 Å². The summed E-state index contributed by atoms with van der Waals surface area (Å²) in [4.78, 5) is 14.0. The number of hydrogen-bond donors (Lipinski definition) is 0. The van der Waals surface area contributed by atoms with Crippen molar-refractivity contribution in [2.24, 2.45) is 0 Å². The number of amides is 1. The van der Waals surface area contributed by atoms with E-state index in [0.717, 1.165) is 0 Å². The van der Waals surface area contributed by atoms with Gasteiger partial charge in [-0.25, -0.2) is 8.42 Å². The Morgan fingerprint density at radius 3 is 2.43 bits per heavy atom. The van der Waals surface area contributed by atoms with E-state index in [1.165, 1.54) is 20.5 Å². The molecule has 2 rings (SSSR count). The second-order valence-electron chi connectivity index (χ2n) is 5.06. The Morgan fingerprint density at radius 1 is 1.24 bits per heavy atom. The van der Waals surface area contributed by atoms with Gasteiger partial charge in [0.2, 0.25) is 0 Å². The molecule has 0 N–H and O–H groups in total. The summed E-state index contributed by atoms with van der Waals surface area (Å²) in [5, 5.41) is -0.471. The van der Waals surface area contributed by atoms with Crippen molar-refractivity contribution in [1.29, 1.82) is 0 Å². The van der Waals surface area contributed by atoms with E-state index in [0.29, 0.717) is 30.0 Å². The highest BCUT2D eigenvalue weighted by atomic mass is 32.2. The van der Waals surface area contributed by atoms with Crippen LogP contribution >= 0.6 is 0 Å². The molecule has 1 aliphatic rings. The molecule has 1 aromatic rings. The molecule has 1 saturated heterocycles. The van der Waals surface area contributed by atoms with E-state index in [2.05, 4.69) is 0 Å². The number of carbonyl (C=O) groups excluding carboxylic acids is 1. The van der Waals surface area contributed by atoms with E-state index in [9.17, 15) is 13.2 Å². The van der Waals surface area contributed by atoms with Crippen LogP contribution in [0.3, 0.4) is 0 Å². The molecular weight excluding hydrogens is 294 g/mol. The van der Waals surface area contributed by atoms with Crippen LogP contribution in [0.25, 0.3) is 0 Å². The number of likely N-dealkylation sites (tertiary alicyclic amines) is 1. The zero-order valence-corrected chi connectivity index (χ0v) is 13.1. The number of methoxy groups -OCH3 is 2. The molecule has 0 aromatic heterocycles. The lowest BCUT2D eigenvalue weighted by Gasteiger charge is -2.17. The Hall–Kier alpha value is -1.76. The lowest BCUT2D eigenvalue weighted by molar-refractivity contribution is 0.0793. The summed E-state index contributed by atoms with van der Waals surface area (Å²) in [6.07, 6.45) is 1.69. The SMILES string of the molecule is COc1ccc(C(=O)N2CCC(S(C)(=O)=O)C2)cc1OC. The molecule has 0 saturated carbocycles. The summed E-state index contributed by atoms with van der Waals surface area (Å²) in [6, 6.07) is 4.92. The number of ether oxygens (including phenoxy) is 2. The third-order valence-electron chi connectivity index (χ3n) is 3.67. The van der Waals surface area contributed by atoms with Crippen LogP contribution in [0.2, 0.25) is 0 Å². The Balaban J connectivity index is 2.18. The first-order valence-corrected chi connectivity index (χ1v) is 8.52. The van der Waals surface area contributed by atoms with Crippen molar-refractivity contribution in [2.45, 2.75) is 11.7 Å². The van der Waals surface area contributed by atoms with Gasteiger partial charge in [-0.2, -0.15) is 0 Å². The van der Waals surface area contributed by atoms with E-state index < -0.39 is 15.1 Å². The lowest BCUT2D eigenvalue weighted by atomic mass is 10.2. The maximum Gasteiger partial charge on any atom is 0.254 e. The van der Waals surface area contributed by atoms with Crippen molar-refractivity contribution in [3.63, 3.8) is 0 Å². The number of nitrogens with zero attached hydrogens (tertiary/aromatic N) is 1. The molecule has 1 fully saturated rings. The van der Waals surface area contributed by atoms with Crippen LogP contribution in [0, 0.1) is 0 Å². The zero-order valence-electron chi connectivity index (χ0n) is 12.3. The second kappa shape index (κ2) is 5.93. The third-order valence-corrected chi connectivity index (χ3v) is 5.26. The largest absolute Gasteiger partial charge is 0.493 e. The predicted molar refractivity (Wildman–Crippen MR) is 78.7 cm³/mol. The van der Waals surface area contributed by atoms with Gasteiger partial charge in [-0.1, -0.05) is 0 Å². The summed E-state index contributed by atoms with van der Waals surface area (Å²) < 4.78 is 33.4. The van der Waals surface area contributed by atoms with Crippen molar-refractivity contribution in [3.05, 3.63) is 23.8 Å². The Kier molecular flexibility index (Phi) is 4.41. The Morgan fingerprint density at radius 2 is 1.90 bits per heavy atom. The summed E-state index contributed by atoms with van der Waals surface area (Å²) in [7, 11) is -0.0873. The van der Waals surface area contributed by atoms with Gasteiger partial charge in [0.1, 0.15) is 0 Å². The molecule has 116 valence electrons. The molecule has 6 nitrogen and oxygen atoms in total. The minimum Gasteiger partial charge on any atom is -0.493 e. The quantitative estimate of drug-likeness (QED) is 0.828. The lowest BCUT2D eigenvalue weighted by Crippen LogP contribution is -2.31. The summed E-state index contributed by atoms with van der Waals surface area (Å²) in [6.45, 7) is 0.691. The minimum absolute atomic E-state index is 0.192. The maximum absolute atomic E-state index is 12.4. The molecule has 0 spiro atoms. The van der Waals surface area contributed by atoms with Crippen LogP contribution in [0.1, 0.15) is 16.8 Å². The van der Waals surface area contributed by atoms with Gasteiger partial charge >= 0.3 is 0 Å². The van der Waals surface area contributed by atoms with Gasteiger partial charge in [-0.15, -0.1) is 0 Å². The van der Waals surface area contributed by atoms with Gasteiger partial charge in [0.05, 0.1) is 19.5 Å². The number of hydrogen-bond acceptors (Lipinski definition) is 5. The van der Waals surface area contributed by atoms with Crippen molar-refractivity contribution in [1.82, 2.24) is 4.90 Å². The average Bonchev–Trinajstić information content (AvgIpc) is 2.95. The van der Waals surface area contributed by atoms with Crippen molar-refractivity contribution < 1.29 is 22.7 Å². The fraction of sp³-hybridized carbons (Fsp3) is 0.500. The third kappa shape index (κ3) is 3.29. The molecular formula is C14H19NO5S. The van der Waals surface area contributed by atoms with Crippen LogP contribution in [0.15, 0.2) is 18.2 Å². The Bertz CT molecular complexity index is 641. The standard InChI is InChI=1S/C14H19NO5S/c1-19-12-5-4-10(8-13(12)20-2)14(16)15-7-6-11(9-15)21(3,17)18/h4-5,8,11H,6-7,9H2,1-3H3. The zero-order chi connectivity index (χ0) is 15.6. The van der Waals surface area contributed by atoms with Gasteiger partial charge < -0.3 is 14.4 Å². The number of sulfone groups is 1. The molecule has 1 atom stereocenters. The van der Waals surface area contributed by atoms with E-state index >= 15 is 0 Å². The van der Waals surface area contributed by atoms with E-state index in [4.69, 9.17) is 9.47 Å². The molecule has 7 heteroatoms. The smallest absolute Gasteiger partial charge is 0.254 e. The van der Waals surface area contributed by atoms with Gasteiger partial charge in [0.15, 0.2) is 21.3 Å². The van der Waals surface area contributed by atoms with Crippen LogP contribution in [-0.4, -0.2) is 58.0 Å².